The second-order valence-corrected chi connectivity index (χ2v) is 32.3. The van der Waals surface area contributed by atoms with Crippen molar-refractivity contribution in [1.82, 2.24) is 0 Å². The van der Waals surface area contributed by atoms with Crippen LogP contribution in [0.1, 0.15) is 257 Å². The number of aliphatic hydroxyl groups is 4. The summed E-state index contributed by atoms with van der Waals surface area (Å²) in [4.78, 5) is 0. The maximum absolute atomic E-state index is 10.8. The van der Waals surface area contributed by atoms with E-state index in [2.05, 4.69) is 0 Å². The summed E-state index contributed by atoms with van der Waals surface area (Å²) in [7, 11) is 0. The van der Waals surface area contributed by atoms with E-state index in [1.807, 2.05) is 0 Å². The molecule has 8 spiro atoms. The zero-order valence-corrected chi connectivity index (χ0v) is 58.7. The van der Waals surface area contributed by atoms with Crippen LogP contribution in [0.2, 0.25) is 0 Å². The molecule has 548 valence electrons. The van der Waals surface area contributed by atoms with Crippen LogP contribution >= 0.6 is 0 Å². The smallest absolute Gasteiger partial charge is 0.190 e. The number of hydrogen-bond donors (Lipinski definition) is 4. The molecule has 20 aliphatic rings. The van der Waals surface area contributed by atoms with Gasteiger partial charge < -0.3 is 115 Å². The average Bonchev–Trinajstić information content (AvgIpc) is 1.61. The average molecular weight is 1410 g/mol. The third-order valence-corrected chi connectivity index (χ3v) is 25.6. The first-order valence-corrected chi connectivity index (χ1v) is 38.8. The third-order valence-electron chi connectivity index (χ3n) is 25.6. The van der Waals surface area contributed by atoms with Gasteiger partial charge in [-0.3, -0.25) is 0 Å². The predicted molar refractivity (Wildman–Crippen MR) is 332 cm³/mol. The van der Waals surface area contributed by atoms with Crippen LogP contribution in [-0.2, 0) is 116 Å². The molecule has 4 N–H and O–H groups in total. The number of fused-ring (bicyclic) bond motifs is 4. The van der Waals surface area contributed by atoms with E-state index in [1.165, 1.54) is 51.4 Å². The normalized spacial score (nSPS) is 46.1. The first kappa shape index (κ1) is 71.0. The van der Waals surface area contributed by atoms with E-state index in [0.717, 1.165) is 205 Å². The molecule has 20 rings (SSSR count). The SMILES string of the molecule is O[C@@H]1[C@H]2OC3(CCCCC3)O[C@H]2O[C@@H]1[C@H]1COC2(CCCCC2)O1.O[C@@H]1[C@H]2OC3(CCCCC3)O[C@H]2O[C@@H]1[C@H]1COC2(CCCCC2)O1.O[C@@H]1[C@H]2OC3(CCCCC3)O[C@H]2O[C@@H]1[C@H]1COC2(CCCCC2)O1.O[C@@H]1[C@H]2OC3(CCCCC3)O[C@H]2O[C@@H]1[C@H]1COC2(CCCCC2)O1.[Ti]. The maximum Gasteiger partial charge on any atom is 0.190 e. The van der Waals surface area contributed by atoms with E-state index in [0.29, 0.717) is 26.4 Å². The Bertz CT molecular complexity index is 2230. The topological polar surface area (TPSA) is 266 Å². The first-order valence-electron chi connectivity index (χ1n) is 38.8. The molecule has 12 heterocycles. The quantitative estimate of drug-likeness (QED) is 0.191. The van der Waals surface area contributed by atoms with Crippen LogP contribution in [0.3, 0.4) is 0 Å². The van der Waals surface area contributed by atoms with E-state index in [-0.39, 0.29) is 46.1 Å². The van der Waals surface area contributed by atoms with Crippen LogP contribution in [0.25, 0.3) is 0 Å². The number of aliphatic hydroxyl groups excluding tert-OH is 4. The zero-order valence-electron chi connectivity index (χ0n) is 57.1. The minimum absolute atomic E-state index is 0. The Morgan fingerprint density at radius 1 is 0.186 bits per heavy atom. The van der Waals surface area contributed by atoms with Crippen LogP contribution in [0.5, 0.6) is 0 Å². The van der Waals surface area contributed by atoms with Gasteiger partial charge in [-0.25, -0.2) is 0 Å². The molecule has 0 unspecified atom stereocenters. The second kappa shape index (κ2) is 29.1. The minimum Gasteiger partial charge on any atom is -0.387 e. The molecule has 24 nitrogen and oxygen atoms in total. The molecule has 0 amide bonds. The molecule has 0 aromatic carbocycles. The van der Waals surface area contributed by atoms with Crippen molar-refractivity contribution < 1.29 is 137 Å². The van der Waals surface area contributed by atoms with Crippen LogP contribution in [-0.4, -0.2) is 216 Å². The largest absolute Gasteiger partial charge is 0.387 e. The van der Waals surface area contributed by atoms with Gasteiger partial charge in [0.2, 0.25) is 0 Å². The Kier molecular flexibility index (Phi) is 21.3. The van der Waals surface area contributed by atoms with Crippen molar-refractivity contribution in [3.63, 3.8) is 0 Å². The van der Waals surface area contributed by atoms with Gasteiger partial charge in [-0.05, 0) is 103 Å². The predicted octanol–water partition coefficient (Wildman–Crippen LogP) is 8.89. The van der Waals surface area contributed by atoms with Crippen molar-refractivity contribution >= 4 is 0 Å². The molecular formula is C72H112O24Ti. The fourth-order valence-corrected chi connectivity index (χ4v) is 20.4. The van der Waals surface area contributed by atoms with Crippen molar-refractivity contribution in [2.45, 2.75) is 426 Å². The fraction of sp³-hybridized carbons (Fsp3) is 1.00. The van der Waals surface area contributed by atoms with Crippen LogP contribution in [0.4, 0.5) is 0 Å². The van der Waals surface area contributed by atoms with Gasteiger partial charge in [-0.15, -0.1) is 0 Å². The van der Waals surface area contributed by atoms with Gasteiger partial charge in [-0.1, -0.05) is 51.4 Å². The summed E-state index contributed by atoms with van der Waals surface area (Å²) in [6.45, 7) is 1.91. The molecule has 20 fully saturated rings. The van der Waals surface area contributed by atoms with Crippen molar-refractivity contribution in [3.8, 4) is 0 Å². The molecule has 20 atom stereocenters. The second-order valence-electron chi connectivity index (χ2n) is 32.3. The molecule has 0 radical (unpaired) electrons. The summed E-state index contributed by atoms with van der Waals surface area (Å²) in [5, 5.41) is 43.0. The summed E-state index contributed by atoms with van der Waals surface area (Å²) in [6.07, 6.45) is 33.5. The van der Waals surface area contributed by atoms with E-state index in [9.17, 15) is 20.4 Å². The van der Waals surface area contributed by atoms with Gasteiger partial charge in [0.1, 0.15) is 97.7 Å². The summed E-state index contributed by atoms with van der Waals surface area (Å²) in [5.74, 6) is -3.92. The Labute approximate surface area is 586 Å². The van der Waals surface area contributed by atoms with Gasteiger partial charge in [0.25, 0.3) is 0 Å². The van der Waals surface area contributed by atoms with Crippen molar-refractivity contribution in [1.29, 1.82) is 0 Å². The first-order chi connectivity index (χ1) is 46.8. The summed E-state index contributed by atoms with van der Waals surface area (Å²) < 4.78 is 122. The van der Waals surface area contributed by atoms with Crippen molar-refractivity contribution in [2.24, 2.45) is 0 Å². The molecule has 8 saturated carbocycles. The molecule has 25 heteroatoms. The van der Waals surface area contributed by atoms with Crippen LogP contribution in [0, 0.1) is 0 Å². The Balaban J connectivity index is 0.000000101. The Morgan fingerprint density at radius 3 is 0.515 bits per heavy atom. The number of ether oxygens (including phenoxy) is 20. The minimum atomic E-state index is -0.719. The summed E-state index contributed by atoms with van der Waals surface area (Å²) in [5.41, 5.74) is 0. The standard InChI is InChI=1S/4C18H28O6.Ti/c4*19-13-14(12-11-20-17(22-12)7-3-1-4-8-17)21-16-15(13)23-18(24-16)9-5-2-6-10-18;/h4*12-16,19H,1-11H2;/t4*12-,13+,14-,15-,16-;/m1111./s1. The zero-order chi connectivity index (χ0) is 64.8. The number of rotatable bonds is 4. The fourth-order valence-electron chi connectivity index (χ4n) is 20.4. The molecule has 12 saturated heterocycles. The third kappa shape index (κ3) is 14.2. The Hall–Kier alpha value is -0.246. The van der Waals surface area contributed by atoms with Gasteiger partial charge in [0.05, 0.1) is 26.4 Å². The van der Waals surface area contributed by atoms with E-state index < -0.39 is 145 Å². The molecule has 8 aliphatic carbocycles. The molecule has 0 aromatic heterocycles. The van der Waals surface area contributed by atoms with Gasteiger partial charge in [0, 0.05) is 124 Å². The van der Waals surface area contributed by atoms with Crippen molar-refractivity contribution in [2.75, 3.05) is 26.4 Å². The molecule has 0 aromatic rings. The van der Waals surface area contributed by atoms with Gasteiger partial charge >= 0.3 is 0 Å². The number of hydrogen-bond acceptors (Lipinski definition) is 24. The summed E-state index contributed by atoms with van der Waals surface area (Å²) >= 11 is 0. The van der Waals surface area contributed by atoms with E-state index in [1.54, 1.807) is 0 Å². The molecule has 0 bridgehead atoms. The van der Waals surface area contributed by atoms with Crippen LogP contribution < -0.4 is 0 Å². The monoisotopic (exact) mass is 1410 g/mol. The van der Waals surface area contributed by atoms with Gasteiger partial charge in [0.15, 0.2) is 71.5 Å². The Morgan fingerprint density at radius 2 is 0.351 bits per heavy atom. The molecular weight excluding hydrogens is 1300 g/mol. The molecule has 97 heavy (non-hydrogen) atoms. The van der Waals surface area contributed by atoms with E-state index >= 15 is 0 Å². The maximum atomic E-state index is 10.8. The summed E-state index contributed by atoms with van der Waals surface area (Å²) in [6, 6.07) is 0. The van der Waals surface area contributed by atoms with Gasteiger partial charge in [-0.2, -0.15) is 0 Å². The van der Waals surface area contributed by atoms with Crippen molar-refractivity contribution in [3.05, 3.63) is 0 Å². The molecule has 12 aliphatic heterocycles. The van der Waals surface area contributed by atoms with Crippen LogP contribution in [0.15, 0.2) is 0 Å². The van der Waals surface area contributed by atoms with E-state index in [4.69, 9.17) is 94.7 Å².